The van der Waals surface area contributed by atoms with Gasteiger partial charge in [0.2, 0.25) is 5.13 Å². The quantitative estimate of drug-likeness (QED) is 0.646. The van der Waals surface area contributed by atoms with Crippen LogP contribution in [0.5, 0.6) is 0 Å². The number of hydrogen-bond donors (Lipinski definition) is 3. The number of urea groups is 1. The number of hydrogen-bond acceptors (Lipinski definition) is 5. The lowest BCUT2D eigenvalue weighted by Crippen LogP contribution is -2.33. The van der Waals surface area contributed by atoms with E-state index in [-0.39, 0.29) is 6.03 Å². The van der Waals surface area contributed by atoms with Gasteiger partial charge in [-0.1, -0.05) is 23.5 Å². The van der Waals surface area contributed by atoms with Crippen LogP contribution in [0.25, 0.3) is 10.2 Å². The average Bonchev–Trinajstić information content (AvgIpc) is 2.89. The van der Waals surface area contributed by atoms with Crippen LogP contribution >= 0.6 is 11.3 Å². The Morgan fingerprint density at radius 3 is 2.85 bits per heavy atom. The van der Waals surface area contributed by atoms with Crippen LogP contribution in [0.3, 0.4) is 0 Å². The van der Waals surface area contributed by atoms with Crippen molar-refractivity contribution < 1.29 is 4.79 Å². The van der Waals surface area contributed by atoms with E-state index in [1.54, 1.807) is 24.5 Å². The summed E-state index contributed by atoms with van der Waals surface area (Å²) in [7, 11) is 0. The van der Waals surface area contributed by atoms with Gasteiger partial charge in [-0.2, -0.15) is 0 Å². The minimum atomic E-state index is -0.378. The van der Waals surface area contributed by atoms with Gasteiger partial charge < -0.3 is 5.32 Å². The molecule has 0 aliphatic rings. The number of fused-ring (bicyclic) bond motifs is 1. The Kier molecular flexibility index (Phi) is 3.42. The molecule has 0 unspecified atom stereocenters. The highest BCUT2D eigenvalue weighted by Gasteiger charge is 2.04. The van der Waals surface area contributed by atoms with Crippen molar-refractivity contribution >= 4 is 38.4 Å². The van der Waals surface area contributed by atoms with Crippen LogP contribution in [0.4, 0.5) is 15.6 Å². The number of amides is 2. The topological polar surface area (TPSA) is 78.9 Å². The SMILES string of the molecule is O=C(NNc1nc2ccccc2s1)Nc1cccnc1. The molecule has 2 heterocycles. The van der Waals surface area contributed by atoms with Crippen molar-refractivity contribution in [3.63, 3.8) is 0 Å². The lowest BCUT2D eigenvalue weighted by Gasteiger charge is -2.06. The van der Waals surface area contributed by atoms with Crippen molar-refractivity contribution in [1.29, 1.82) is 0 Å². The first-order valence-electron chi connectivity index (χ1n) is 5.90. The van der Waals surface area contributed by atoms with Crippen molar-refractivity contribution in [3.8, 4) is 0 Å². The molecule has 0 radical (unpaired) electrons. The lowest BCUT2D eigenvalue weighted by molar-refractivity contribution is 0.254. The van der Waals surface area contributed by atoms with E-state index in [1.807, 2.05) is 24.3 Å². The van der Waals surface area contributed by atoms with Gasteiger partial charge >= 0.3 is 6.03 Å². The van der Waals surface area contributed by atoms with E-state index < -0.39 is 0 Å². The van der Waals surface area contributed by atoms with Crippen LogP contribution in [-0.4, -0.2) is 16.0 Å². The van der Waals surface area contributed by atoms with E-state index in [4.69, 9.17) is 0 Å². The summed E-state index contributed by atoms with van der Waals surface area (Å²) in [6, 6.07) is 10.9. The third-order valence-electron chi connectivity index (χ3n) is 2.50. The van der Waals surface area contributed by atoms with E-state index in [2.05, 4.69) is 26.1 Å². The van der Waals surface area contributed by atoms with Crippen molar-refractivity contribution in [1.82, 2.24) is 15.4 Å². The Labute approximate surface area is 118 Å². The first-order valence-corrected chi connectivity index (χ1v) is 6.71. The number of anilines is 2. The van der Waals surface area contributed by atoms with Gasteiger partial charge in [-0.05, 0) is 24.3 Å². The molecule has 0 atom stereocenters. The zero-order valence-corrected chi connectivity index (χ0v) is 11.1. The molecule has 2 aromatic heterocycles. The lowest BCUT2D eigenvalue weighted by atomic mass is 10.3. The van der Waals surface area contributed by atoms with Gasteiger partial charge in [0, 0.05) is 6.20 Å². The Hall–Kier alpha value is -2.67. The molecule has 1 aromatic carbocycles. The third kappa shape index (κ3) is 2.83. The summed E-state index contributed by atoms with van der Waals surface area (Å²) >= 11 is 1.47. The molecule has 100 valence electrons. The highest BCUT2D eigenvalue weighted by atomic mass is 32.1. The highest BCUT2D eigenvalue weighted by molar-refractivity contribution is 7.22. The van der Waals surface area contributed by atoms with E-state index >= 15 is 0 Å². The fraction of sp³-hybridized carbons (Fsp3) is 0. The summed E-state index contributed by atoms with van der Waals surface area (Å²) in [4.78, 5) is 19.9. The van der Waals surface area contributed by atoms with Gasteiger partial charge in [-0.25, -0.2) is 15.2 Å². The number of carbonyl (C=O) groups is 1. The van der Waals surface area contributed by atoms with Crippen LogP contribution in [0, 0.1) is 0 Å². The van der Waals surface area contributed by atoms with Gasteiger partial charge in [0.15, 0.2) is 0 Å². The molecule has 3 rings (SSSR count). The number of thiazole rings is 1. The Balaban J connectivity index is 1.60. The Morgan fingerprint density at radius 2 is 2.05 bits per heavy atom. The number of aromatic nitrogens is 2. The Morgan fingerprint density at radius 1 is 1.15 bits per heavy atom. The van der Waals surface area contributed by atoms with E-state index in [9.17, 15) is 4.79 Å². The second kappa shape index (κ2) is 5.54. The average molecular weight is 285 g/mol. The van der Waals surface area contributed by atoms with Crippen LogP contribution in [0.2, 0.25) is 0 Å². The molecule has 20 heavy (non-hydrogen) atoms. The molecular weight excluding hydrogens is 274 g/mol. The first-order chi connectivity index (χ1) is 9.81. The number of benzene rings is 1. The molecule has 0 saturated carbocycles. The smallest absolute Gasteiger partial charge is 0.305 e. The van der Waals surface area contributed by atoms with Gasteiger partial charge in [-0.15, -0.1) is 0 Å². The molecule has 0 saturated heterocycles. The van der Waals surface area contributed by atoms with Crippen molar-refractivity contribution in [2.24, 2.45) is 0 Å². The predicted octanol–water partition coefficient (Wildman–Crippen LogP) is 2.84. The molecular formula is C13H11N5OS. The molecule has 0 aliphatic heterocycles. The van der Waals surface area contributed by atoms with E-state index in [1.165, 1.54) is 11.3 Å². The van der Waals surface area contributed by atoms with Crippen LogP contribution in [0.15, 0.2) is 48.8 Å². The standard InChI is InChI=1S/C13H11N5OS/c19-12(15-9-4-3-7-14-8-9)17-18-13-16-10-5-1-2-6-11(10)20-13/h1-8H,(H,16,18)(H2,15,17,19). The molecule has 7 heteroatoms. The number of rotatable bonds is 3. The molecule has 0 bridgehead atoms. The minimum absolute atomic E-state index is 0.378. The number of nitrogens with zero attached hydrogens (tertiary/aromatic N) is 2. The van der Waals surface area contributed by atoms with Gasteiger partial charge in [0.05, 0.1) is 22.1 Å². The maximum Gasteiger partial charge on any atom is 0.337 e. The number of nitrogens with one attached hydrogen (secondary N) is 3. The zero-order chi connectivity index (χ0) is 13.8. The maximum absolute atomic E-state index is 11.7. The van der Waals surface area contributed by atoms with Gasteiger partial charge in [0.1, 0.15) is 0 Å². The molecule has 0 spiro atoms. The molecule has 2 amide bonds. The largest absolute Gasteiger partial charge is 0.337 e. The van der Waals surface area contributed by atoms with Gasteiger partial charge in [-0.3, -0.25) is 10.4 Å². The second-order valence-corrected chi connectivity index (χ2v) is 4.96. The summed E-state index contributed by atoms with van der Waals surface area (Å²) in [5, 5.41) is 3.28. The second-order valence-electron chi connectivity index (χ2n) is 3.93. The number of hydrazine groups is 1. The normalized spacial score (nSPS) is 10.2. The van der Waals surface area contributed by atoms with Crippen molar-refractivity contribution in [2.75, 3.05) is 10.7 Å². The van der Waals surface area contributed by atoms with E-state index in [0.717, 1.165) is 10.2 Å². The molecule has 0 fully saturated rings. The molecule has 0 aliphatic carbocycles. The minimum Gasteiger partial charge on any atom is -0.305 e. The fourth-order valence-electron chi connectivity index (χ4n) is 1.63. The summed E-state index contributed by atoms with van der Waals surface area (Å²) in [5.74, 6) is 0. The first kappa shape index (κ1) is 12.4. The van der Waals surface area contributed by atoms with E-state index in [0.29, 0.717) is 10.8 Å². The van der Waals surface area contributed by atoms with Crippen LogP contribution in [0.1, 0.15) is 0 Å². The number of pyridine rings is 1. The summed E-state index contributed by atoms with van der Waals surface area (Å²) in [6.45, 7) is 0. The summed E-state index contributed by atoms with van der Waals surface area (Å²) in [5.41, 5.74) is 6.83. The highest BCUT2D eigenvalue weighted by Crippen LogP contribution is 2.24. The number of para-hydroxylation sites is 1. The summed E-state index contributed by atoms with van der Waals surface area (Å²) < 4.78 is 1.06. The van der Waals surface area contributed by atoms with Gasteiger partial charge in [0.25, 0.3) is 0 Å². The Bertz CT molecular complexity index is 695. The molecule has 3 aromatic rings. The van der Waals surface area contributed by atoms with Crippen LogP contribution in [-0.2, 0) is 0 Å². The molecule has 6 nitrogen and oxygen atoms in total. The molecule has 3 N–H and O–H groups in total. The zero-order valence-electron chi connectivity index (χ0n) is 10.3. The summed E-state index contributed by atoms with van der Waals surface area (Å²) in [6.07, 6.45) is 3.21. The maximum atomic E-state index is 11.7. The van der Waals surface area contributed by atoms with Crippen LogP contribution < -0.4 is 16.2 Å². The predicted molar refractivity (Wildman–Crippen MR) is 79.6 cm³/mol. The third-order valence-corrected chi connectivity index (χ3v) is 3.45. The monoisotopic (exact) mass is 285 g/mol. The van der Waals surface area contributed by atoms with Crippen molar-refractivity contribution in [2.45, 2.75) is 0 Å². The number of carbonyl (C=O) groups excluding carboxylic acids is 1. The fourth-order valence-corrected chi connectivity index (χ4v) is 2.45. The van der Waals surface area contributed by atoms with Crippen molar-refractivity contribution in [3.05, 3.63) is 48.8 Å².